The summed E-state index contributed by atoms with van der Waals surface area (Å²) in [5.41, 5.74) is 1.89. The van der Waals surface area contributed by atoms with Gasteiger partial charge in [-0.25, -0.2) is 9.37 Å². The molecule has 4 rings (SSSR count). The zero-order valence-corrected chi connectivity index (χ0v) is 18.8. The molecule has 1 saturated heterocycles. The van der Waals surface area contributed by atoms with Gasteiger partial charge in [-0.3, -0.25) is 9.69 Å². The third kappa shape index (κ3) is 5.76. The van der Waals surface area contributed by atoms with Crippen molar-refractivity contribution < 1.29 is 9.18 Å². The number of pyridine rings is 1. The van der Waals surface area contributed by atoms with Crippen molar-refractivity contribution in [2.45, 2.75) is 25.4 Å². The number of benzene rings is 2. The summed E-state index contributed by atoms with van der Waals surface area (Å²) in [5.74, 6) is -0.956. The standard InChI is InChI=1S/C24H23Cl2FN4O/c25-17-7-4-8-19(13-17)29-24(32)20-14-21(27)22(26)30-23(20)28-18-9-11-31(12-10-18)15-16-5-2-1-3-6-16/h1-8,13-14,18H,9-12,15H2,(H,28,30)(H,29,32). The molecule has 1 aromatic heterocycles. The number of piperidine rings is 1. The van der Waals surface area contributed by atoms with Crippen LogP contribution in [0.1, 0.15) is 28.8 Å². The fourth-order valence-electron chi connectivity index (χ4n) is 3.78. The Kier molecular flexibility index (Phi) is 7.25. The number of anilines is 2. The van der Waals surface area contributed by atoms with Crippen LogP contribution in [0.2, 0.25) is 10.2 Å². The van der Waals surface area contributed by atoms with Crippen LogP contribution >= 0.6 is 23.2 Å². The third-order valence-electron chi connectivity index (χ3n) is 5.44. The molecule has 166 valence electrons. The highest BCUT2D eigenvalue weighted by molar-refractivity contribution is 6.31. The zero-order valence-electron chi connectivity index (χ0n) is 17.3. The van der Waals surface area contributed by atoms with Gasteiger partial charge in [0.25, 0.3) is 5.91 Å². The van der Waals surface area contributed by atoms with E-state index in [1.54, 1.807) is 24.3 Å². The fraction of sp³-hybridized carbons (Fsp3) is 0.250. The molecular formula is C24H23Cl2FN4O. The van der Waals surface area contributed by atoms with Crippen LogP contribution in [-0.2, 0) is 6.54 Å². The highest BCUT2D eigenvalue weighted by atomic mass is 35.5. The first-order valence-corrected chi connectivity index (χ1v) is 11.2. The van der Waals surface area contributed by atoms with E-state index in [0.717, 1.165) is 38.5 Å². The number of aromatic nitrogens is 1. The number of amides is 1. The molecule has 0 atom stereocenters. The molecule has 1 aliphatic heterocycles. The number of nitrogens with zero attached hydrogens (tertiary/aromatic N) is 2. The van der Waals surface area contributed by atoms with E-state index in [4.69, 9.17) is 23.2 Å². The van der Waals surface area contributed by atoms with E-state index in [-0.39, 0.29) is 22.6 Å². The maximum Gasteiger partial charge on any atom is 0.259 e. The number of hydrogen-bond acceptors (Lipinski definition) is 4. The quantitative estimate of drug-likeness (QED) is 0.441. The van der Waals surface area contributed by atoms with Gasteiger partial charge < -0.3 is 10.6 Å². The first-order chi connectivity index (χ1) is 15.5. The predicted molar refractivity (Wildman–Crippen MR) is 127 cm³/mol. The summed E-state index contributed by atoms with van der Waals surface area (Å²) >= 11 is 11.9. The van der Waals surface area contributed by atoms with Crippen molar-refractivity contribution in [1.29, 1.82) is 0 Å². The molecule has 0 aliphatic carbocycles. The molecule has 8 heteroatoms. The minimum Gasteiger partial charge on any atom is -0.367 e. The molecule has 0 spiro atoms. The van der Waals surface area contributed by atoms with E-state index in [9.17, 15) is 9.18 Å². The van der Waals surface area contributed by atoms with Gasteiger partial charge in [0.2, 0.25) is 0 Å². The zero-order chi connectivity index (χ0) is 22.5. The summed E-state index contributed by atoms with van der Waals surface area (Å²) < 4.78 is 14.1. The third-order valence-corrected chi connectivity index (χ3v) is 5.94. The number of nitrogens with one attached hydrogen (secondary N) is 2. The summed E-state index contributed by atoms with van der Waals surface area (Å²) in [6.07, 6.45) is 1.75. The number of carbonyl (C=O) groups excluding carboxylic acids is 1. The normalized spacial score (nSPS) is 14.8. The largest absolute Gasteiger partial charge is 0.367 e. The average Bonchev–Trinajstić information content (AvgIpc) is 2.78. The maximum absolute atomic E-state index is 14.1. The first-order valence-electron chi connectivity index (χ1n) is 10.4. The molecule has 1 fully saturated rings. The number of carbonyl (C=O) groups is 1. The van der Waals surface area contributed by atoms with E-state index in [2.05, 4.69) is 32.7 Å². The van der Waals surface area contributed by atoms with Crippen LogP contribution in [0.3, 0.4) is 0 Å². The fourth-order valence-corrected chi connectivity index (χ4v) is 4.11. The van der Waals surface area contributed by atoms with E-state index < -0.39 is 11.7 Å². The van der Waals surface area contributed by atoms with Crippen LogP contribution in [0.5, 0.6) is 0 Å². The van der Waals surface area contributed by atoms with Gasteiger partial charge in [-0.05, 0) is 42.7 Å². The Morgan fingerprint density at radius 2 is 1.81 bits per heavy atom. The van der Waals surface area contributed by atoms with E-state index in [1.165, 1.54) is 5.56 Å². The Morgan fingerprint density at radius 3 is 2.53 bits per heavy atom. The lowest BCUT2D eigenvalue weighted by molar-refractivity contribution is 0.102. The molecule has 0 saturated carbocycles. The number of halogens is 3. The van der Waals surface area contributed by atoms with Gasteiger partial charge in [0.1, 0.15) is 5.82 Å². The number of hydrogen-bond donors (Lipinski definition) is 2. The molecule has 3 aromatic rings. The molecule has 0 radical (unpaired) electrons. The highest BCUT2D eigenvalue weighted by Crippen LogP contribution is 2.25. The molecule has 0 unspecified atom stereocenters. The monoisotopic (exact) mass is 472 g/mol. The summed E-state index contributed by atoms with van der Waals surface area (Å²) in [6, 6.07) is 18.3. The molecule has 32 heavy (non-hydrogen) atoms. The second-order valence-electron chi connectivity index (χ2n) is 7.80. The molecule has 2 aromatic carbocycles. The van der Waals surface area contributed by atoms with Gasteiger partial charge in [0.15, 0.2) is 11.0 Å². The SMILES string of the molecule is O=C(Nc1cccc(Cl)c1)c1cc(F)c(Cl)nc1NC1CCN(Cc2ccccc2)CC1. The Bertz CT molecular complexity index is 1090. The molecule has 0 bridgehead atoms. The topological polar surface area (TPSA) is 57.3 Å². The van der Waals surface area contributed by atoms with Crippen molar-refractivity contribution in [3.8, 4) is 0 Å². The van der Waals surface area contributed by atoms with Crippen LogP contribution in [0.15, 0.2) is 60.7 Å². The molecule has 1 amide bonds. The van der Waals surface area contributed by atoms with E-state index in [1.807, 2.05) is 18.2 Å². The molecule has 2 heterocycles. The lowest BCUT2D eigenvalue weighted by atomic mass is 10.0. The van der Waals surface area contributed by atoms with Crippen molar-refractivity contribution in [2.75, 3.05) is 23.7 Å². The van der Waals surface area contributed by atoms with Gasteiger partial charge in [-0.2, -0.15) is 0 Å². The Morgan fingerprint density at radius 1 is 1.06 bits per heavy atom. The maximum atomic E-state index is 14.1. The van der Waals surface area contributed by atoms with Gasteiger partial charge in [-0.1, -0.05) is 59.6 Å². The van der Waals surface area contributed by atoms with E-state index >= 15 is 0 Å². The Labute approximate surface area is 196 Å². The lowest BCUT2D eigenvalue weighted by Gasteiger charge is -2.33. The van der Waals surface area contributed by atoms with Gasteiger partial charge in [0, 0.05) is 36.4 Å². The minimum absolute atomic E-state index is 0.0959. The molecule has 2 N–H and O–H groups in total. The van der Waals surface area contributed by atoms with Crippen LogP contribution in [-0.4, -0.2) is 34.9 Å². The van der Waals surface area contributed by atoms with Crippen LogP contribution in [0.25, 0.3) is 0 Å². The summed E-state index contributed by atoms with van der Waals surface area (Å²) in [6.45, 7) is 2.72. The van der Waals surface area contributed by atoms with Gasteiger partial charge in [-0.15, -0.1) is 0 Å². The summed E-state index contributed by atoms with van der Waals surface area (Å²) in [5, 5.41) is 6.26. The summed E-state index contributed by atoms with van der Waals surface area (Å²) in [7, 11) is 0. The van der Waals surface area contributed by atoms with Crippen LogP contribution < -0.4 is 10.6 Å². The van der Waals surface area contributed by atoms with Crippen LogP contribution in [0.4, 0.5) is 15.9 Å². The summed E-state index contributed by atoms with van der Waals surface area (Å²) in [4.78, 5) is 19.4. The average molecular weight is 473 g/mol. The smallest absolute Gasteiger partial charge is 0.259 e. The van der Waals surface area contributed by atoms with Crippen molar-refractivity contribution in [3.05, 3.63) is 87.8 Å². The Hall–Kier alpha value is -2.67. The van der Waals surface area contributed by atoms with Crippen molar-refractivity contribution in [1.82, 2.24) is 9.88 Å². The van der Waals surface area contributed by atoms with Crippen LogP contribution in [0, 0.1) is 5.82 Å². The predicted octanol–water partition coefficient (Wildman–Crippen LogP) is 5.86. The number of rotatable bonds is 6. The first kappa shape index (κ1) is 22.5. The lowest BCUT2D eigenvalue weighted by Crippen LogP contribution is -2.39. The van der Waals surface area contributed by atoms with Crippen molar-refractivity contribution in [2.24, 2.45) is 0 Å². The molecule has 1 aliphatic rings. The highest BCUT2D eigenvalue weighted by Gasteiger charge is 2.23. The Balaban J connectivity index is 1.43. The second-order valence-corrected chi connectivity index (χ2v) is 8.60. The van der Waals surface area contributed by atoms with Crippen molar-refractivity contribution in [3.63, 3.8) is 0 Å². The second kappa shape index (κ2) is 10.3. The number of likely N-dealkylation sites (tertiary alicyclic amines) is 1. The van der Waals surface area contributed by atoms with Gasteiger partial charge in [0.05, 0.1) is 5.56 Å². The van der Waals surface area contributed by atoms with E-state index in [0.29, 0.717) is 10.7 Å². The van der Waals surface area contributed by atoms with Crippen molar-refractivity contribution >= 4 is 40.6 Å². The molecular weight excluding hydrogens is 450 g/mol. The minimum atomic E-state index is -0.744. The van der Waals surface area contributed by atoms with Gasteiger partial charge >= 0.3 is 0 Å². The molecule has 5 nitrogen and oxygen atoms in total.